The predicted molar refractivity (Wildman–Crippen MR) is 515 cm³/mol. The molecule has 0 radical (unpaired) electrons. The number of rotatable bonds is 19. The summed E-state index contributed by atoms with van der Waals surface area (Å²) >= 11 is 6.74. The van der Waals surface area contributed by atoms with E-state index >= 15 is 0 Å². The van der Waals surface area contributed by atoms with E-state index in [4.69, 9.17) is 68.9 Å². The van der Waals surface area contributed by atoms with Gasteiger partial charge < -0.3 is 98.8 Å². The Labute approximate surface area is 852 Å². The molecule has 7 N–H and O–H groups in total. The summed E-state index contributed by atoms with van der Waals surface area (Å²) in [6.45, 7) is 24.5. The zero-order valence-electron chi connectivity index (χ0n) is 79.3. The van der Waals surface area contributed by atoms with Gasteiger partial charge in [0.1, 0.15) is 28.5 Å². The number of nitrogens with one attached hydrogen (secondary N) is 3. The zero-order chi connectivity index (χ0) is 99.1. The maximum absolute atomic E-state index is 12.6. The van der Waals surface area contributed by atoms with Crippen LogP contribution in [0.4, 0.5) is 40.6 Å². The van der Waals surface area contributed by atoms with Gasteiger partial charge in [0.15, 0.2) is 11.3 Å². The van der Waals surface area contributed by atoms with Crippen LogP contribution in [0, 0.1) is 27.8 Å². The number of anilines is 3. The van der Waals surface area contributed by atoms with Crippen molar-refractivity contribution in [2.75, 3.05) is 95.1 Å². The SMILES string of the molecule is COc1ccc2nccc(Br)c2c1.COc1ccc2nccc(Sc3cnc(N4CCC5(CC4)CO[C@@H](C)[C@H]5N)n4ccnc34)c2c1.COc1ccc2nccc(Sc3cnc(N4CCC5(CC4)CO[C@@H](C)[C@H]5NC(=O)OC(C)(C)C)n4ccnc34)c2c1.C[C@@H]1OCC2(CCN(c3nc[c-]c4nccn34)CC2)[C@@H]1NC(=O)OC(C)(C)C.N=N/N=N/N=N/N=N/N=N/N=N/N=N/N=N/N.O=CC(F)(F)F.[Na+].[SH-]. The van der Waals surface area contributed by atoms with Crippen LogP contribution in [-0.2, 0) is 42.0 Å². The molecule has 46 nitrogen and oxygen atoms in total. The molecule has 6 fully saturated rings. The molecule has 0 bridgehead atoms. The molecule has 54 heteroatoms. The van der Waals surface area contributed by atoms with Crippen molar-refractivity contribution in [2.45, 2.75) is 174 Å². The molecule has 18 rings (SSSR count). The minimum absolute atomic E-state index is 0. The Morgan fingerprint density at radius 2 is 0.865 bits per heavy atom. The quantitative estimate of drug-likeness (QED) is 0.00733. The summed E-state index contributed by atoms with van der Waals surface area (Å²) in [4.78, 5) is 85.9. The molecular formula is C87H105BrF3N35NaO11S3-. The standard InChI is InChI=1S/C30H36N6O4S.C25H28N6O2S.C20H28N5O3.C10H8BrNO.C2HF3O.H3N17.Na.H2S/c1-19-25(34-28(37)40-29(2,3)4)30(18-39-19)9-13-35(14-10-30)27-33-17-24(26-32-12-15-36(26)27)41-23-8-11-31-22-7-6-20(38-5)16-21(22)23;1-16-22(26)25(15-33-16)6-10-30(11-7-25)24-29-14-21(23-28-9-12-31(23)24)34-20-5-8-27-19-4-3-17(32-2)13-18(19)20;1-14-16(23-18(26)28-19(2,3)4)20(13-27-14)6-10-24(11-7-20)17-22-8-5-15-21-9-12-25(15)17;1-13-7-2-3-10-8(6-7)9(11)4-5-12-10;3-2(4,5)1-6;1-3-5-7-9-11-13-15-17-16-14-12-10-8-6-4-2;;/h6-8,11-12,15-17,19,25H,9-10,13-14,18H2,1-5H3,(H,34,37);3-5,8-9,12-14,16,22H,6-7,10-11,15,26H2,1-2H3;8-9,12,14,16H,6-7,10-11,13H2,1-4H3,(H,23,26);2-6H,1H3;1H;(H3,1,2,5,6,9,10,13,14,17);;1H2/q;;-1;;;;+1;/p-1/t19-,25+;16-,22+;14-,16+;;;;;/m000...../s1. The number of alkyl halides is 3. The average Bonchev–Trinajstić information content (AvgIpc) is 1.65. The van der Waals surface area contributed by atoms with Crippen molar-refractivity contribution >= 4 is 139 Å². The molecule has 6 aliphatic rings. The molecule has 6 atom stereocenters. The summed E-state index contributed by atoms with van der Waals surface area (Å²) in [7, 11) is 5.00. The molecule has 141 heavy (non-hydrogen) atoms. The van der Waals surface area contributed by atoms with E-state index in [1.165, 1.54) is 0 Å². The van der Waals surface area contributed by atoms with Crippen LogP contribution in [0.1, 0.15) is 101 Å². The van der Waals surface area contributed by atoms with Gasteiger partial charge in [0.05, 0.1) is 97.9 Å². The fourth-order valence-corrected chi connectivity index (χ4v) is 19.3. The number of thiol groups is 1. The van der Waals surface area contributed by atoms with Crippen LogP contribution in [0.3, 0.4) is 0 Å². The number of methoxy groups -OCH3 is 3. The van der Waals surface area contributed by atoms with Crippen molar-refractivity contribution in [3.8, 4) is 17.2 Å². The number of fused-ring (bicyclic) bond motifs is 6. The Balaban J connectivity index is 0.000000173. The van der Waals surface area contributed by atoms with Crippen LogP contribution >= 0.6 is 39.5 Å². The molecule has 0 unspecified atom stereocenters. The Morgan fingerprint density at radius 3 is 1.26 bits per heavy atom. The van der Waals surface area contributed by atoms with E-state index in [2.05, 4.69) is 177 Å². The molecule has 6 saturated heterocycles. The molecule has 0 aliphatic carbocycles. The van der Waals surface area contributed by atoms with Crippen molar-refractivity contribution in [1.82, 2.24) is 68.7 Å². The Kier molecular flexibility index (Phi) is 38.4. The van der Waals surface area contributed by atoms with Gasteiger partial charge in [-0.15, -0.1) is 6.20 Å². The maximum atomic E-state index is 12.6. The number of halogens is 4. The van der Waals surface area contributed by atoms with E-state index in [0.29, 0.717) is 13.2 Å². The van der Waals surface area contributed by atoms with Gasteiger partial charge >= 0.3 is 47.9 Å². The van der Waals surface area contributed by atoms with Gasteiger partial charge in [0, 0.05) is 160 Å². The number of carbonyl (C=O) groups is 3. The number of imidazole rings is 3. The van der Waals surface area contributed by atoms with E-state index in [-0.39, 0.29) is 102 Å². The number of alkyl carbamates (subject to hydrolysis) is 2. The number of nitrogens with two attached hydrogens (primary N) is 2. The minimum Gasteiger partial charge on any atom is -0.813 e. The largest absolute Gasteiger partial charge is 1.00 e. The molecule has 12 aromatic rings. The number of pyridine rings is 3. The van der Waals surface area contributed by atoms with Gasteiger partial charge in [-0.2, -0.15) is 18.7 Å². The second-order valence-corrected chi connectivity index (χ2v) is 37.6. The smallest absolute Gasteiger partial charge is 0.813 e. The second kappa shape index (κ2) is 49.8. The Hall–Kier alpha value is -12.5. The summed E-state index contributed by atoms with van der Waals surface area (Å²) in [5.74, 6) is 9.70. The molecule has 3 aromatic carbocycles. The molecule has 9 aromatic heterocycles. The van der Waals surface area contributed by atoms with Crippen molar-refractivity contribution in [3.63, 3.8) is 0 Å². The topological polar surface area (TPSA) is 549 Å². The monoisotopic (exact) mass is 2070 g/mol. The molecule has 15 heterocycles. The fraction of sp³-hybridized carbons (Fsp3) is 0.448. The number of benzene rings is 3. The number of nitrogens with zero attached hydrogens (tertiary/aromatic N) is 30. The summed E-state index contributed by atoms with van der Waals surface area (Å²) in [6.07, 6.45) is 21.4. The van der Waals surface area contributed by atoms with Crippen molar-refractivity contribution in [2.24, 2.45) is 106 Å². The van der Waals surface area contributed by atoms with Gasteiger partial charge in [0.25, 0.3) is 0 Å². The average molecular weight is 2070 g/mol. The van der Waals surface area contributed by atoms with E-state index in [9.17, 15) is 22.8 Å². The van der Waals surface area contributed by atoms with Gasteiger partial charge in [-0.3, -0.25) is 38.5 Å². The number of ether oxygens (including phenoxy) is 8. The van der Waals surface area contributed by atoms with Crippen LogP contribution in [0.25, 0.3) is 49.7 Å². The minimum atomic E-state index is -4.64. The molecule has 6 aliphatic heterocycles. The molecule has 2 amide bonds. The first-order chi connectivity index (χ1) is 66.8. The number of amides is 2. The number of piperidine rings is 3. The molecule has 742 valence electrons. The summed E-state index contributed by atoms with van der Waals surface area (Å²) in [5, 5.41) is 52.6. The maximum Gasteiger partial charge on any atom is 1.00 e. The van der Waals surface area contributed by atoms with Crippen LogP contribution in [-0.4, -0.2) is 211 Å². The summed E-state index contributed by atoms with van der Waals surface area (Å²) in [6, 6.07) is 26.6. The Bertz CT molecular complexity index is 6470. The number of hydrogen-bond donors (Lipinski definition) is 5. The third-order valence-electron chi connectivity index (χ3n) is 23.7. The zero-order valence-corrected chi connectivity index (χ0v) is 85.5. The molecule has 0 saturated carbocycles. The number of hydrogen-bond acceptors (Lipinski definition) is 29. The van der Waals surface area contributed by atoms with Crippen LogP contribution in [0.2, 0.25) is 0 Å². The first-order valence-corrected chi connectivity index (χ1v) is 46.1. The van der Waals surface area contributed by atoms with Crippen LogP contribution < -0.4 is 80.7 Å². The molecular weight excluding hydrogens is 1970 g/mol. The predicted octanol–water partition coefficient (Wildman–Crippen LogP) is 14.5. The van der Waals surface area contributed by atoms with Gasteiger partial charge in [-0.1, -0.05) is 44.7 Å². The first-order valence-electron chi connectivity index (χ1n) is 43.7. The Morgan fingerprint density at radius 1 is 0.504 bits per heavy atom. The number of aromatic nitrogens is 12. The third kappa shape index (κ3) is 28.1. The number of carbonyl (C=O) groups excluding carboxylic acids is 3. The summed E-state index contributed by atoms with van der Waals surface area (Å²) < 4.78 is 83.4. The van der Waals surface area contributed by atoms with E-state index in [0.717, 1.165) is 193 Å². The van der Waals surface area contributed by atoms with Crippen molar-refractivity contribution in [3.05, 3.63) is 158 Å². The van der Waals surface area contributed by atoms with Crippen molar-refractivity contribution < 1.29 is 95.0 Å². The second-order valence-electron chi connectivity index (χ2n) is 34.6. The van der Waals surface area contributed by atoms with E-state index in [1.807, 2.05) is 188 Å². The van der Waals surface area contributed by atoms with Gasteiger partial charge in [0.2, 0.25) is 24.1 Å². The number of aldehydes is 1. The first kappa shape index (κ1) is 109. The van der Waals surface area contributed by atoms with Gasteiger partial charge in [-0.05, 0) is 252 Å². The van der Waals surface area contributed by atoms with Crippen molar-refractivity contribution in [1.29, 1.82) is 5.53 Å². The van der Waals surface area contributed by atoms with E-state index < -0.39 is 29.8 Å². The normalized spacial score (nSPS) is 19.3. The van der Waals surface area contributed by atoms with Crippen LogP contribution in [0.15, 0.2) is 250 Å². The van der Waals surface area contributed by atoms with Crippen LogP contribution in [0.5, 0.6) is 17.2 Å². The molecule has 3 spiro atoms. The van der Waals surface area contributed by atoms with Gasteiger partial charge in [-0.25, -0.2) is 29.5 Å². The summed E-state index contributed by atoms with van der Waals surface area (Å²) in [5.41, 5.74) is 16.8. The third-order valence-corrected chi connectivity index (χ3v) is 26.5. The fourth-order valence-electron chi connectivity index (χ4n) is 16.9. The van der Waals surface area contributed by atoms with E-state index in [1.54, 1.807) is 63.4 Å².